The van der Waals surface area contributed by atoms with Gasteiger partial charge in [0, 0.05) is 15.6 Å². The van der Waals surface area contributed by atoms with E-state index in [4.69, 9.17) is 11.6 Å². The van der Waals surface area contributed by atoms with E-state index in [1.54, 1.807) is 12.1 Å². The molecule has 0 unspecified atom stereocenters. The molecule has 0 bridgehead atoms. The number of halogens is 1. The number of carbonyl (C=O) groups excluding carboxylic acids is 2. The Morgan fingerprint density at radius 1 is 0.906 bits per heavy atom. The minimum atomic E-state index is -0.364. The smallest absolute Gasteiger partial charge is 0.283 e. The van der Waals surface area contributed by atoms with E-state index in [0.717, 1.165) is 33.7 Å². The summed E-state index contributed by atoms with van der Waals surface area (Å²) in [5.74, 6) is -0.705. The summed E-state index contributed by atoms with van der Waals surface area (Å²) in [5, 5.41) is 3.87. The Bertz CT molecular complexity index is 1220. The van der Waals surface area contributed by atoms with Crippen molar-refractivity contribution in [2.24, 2.45) is 0 Å². The first-order valence-electron chi connectivity index (χ1n) is 10.4. The molecule has 0 spiro atoms. The molecule has 1 aliphatic heterocycles. The van der Waals surface area contributed by atoms with Crippen molar-refractivity contribution in [2.45, 2.75) is 32.1 Å². The number of hydrogen-bond donors (Lipinski definition) is 1. The Hall–Kier alpha value is -3.02. The van der Waals surface area contributed by atoms with Crippen LogP contribution in [0, 0.1) is 13.8 Å². The zero-order valence-corrected chi connectivity index (χ0v) is 19.7. The molecule has 32 heavy (non-hydrogen) atoms. The second-order valence-corrected chi connectivity index (χ2v) is 9.19. The number of thioether (sulfide) groups is 1. The normalized spacial score (nSPS) is 13.8. The lowest BCUT2D eigenvalue weighted by Crippen LogP contribution is -2.32. The Labute approximate surface area is 197 Å². The molecule has 3 aromatic rings. The number of amides is 2. The van der Waals surface area contributed by atoms with E-state index >= 15 is 0 Å². The number of nitrogens with one attached hydrogen (secondary N) is 1. The highest BCUT2D eigenvalue weighted by Crippen LogP contribution is 2.38. The fraction of sp³-hybridized carbons (Fsp3) is 0.154. The quantitative estimate of drug-likeness (QED) is 0.424. The second-order valence-electron chi connectivity index (χ2n) is 7.67. The molecule has 0 aromatic heterocycles. The second kappa shape index (κ2) is 9.23. The maximum absolute atomic E-state index is 13.5. The molecule has 6 heteroatoms. The van der Waals surface area contributed by atoms with Crippen LogP contribution < -0.4 is 10.2 Å². The summed E-state index contributed by atoms with van der Waals surface area (Å²) in [6.07, 6.45) is 0.886. The number of nitrogens with zero attached hydrogens (tertiary/aromatic N) is 1. The van der Waals surface area contributed by atoms with Gasteiger partial charge >= 0.3 is 0 Å². The van der Waals surface area contributed by atoms with Crippen molar-refractivity contribution in [1.82, 2.24) is 0 Å². The van der Waals surface area contributed by atoms with Gasteiger partial charge in [0.2, 0.25) is 0 Å². The number of imide groups is 1. The van der Waals surface area contributed by atoms with Gasteiger partial charge in [0.05, 0.1) is 5.69 Å². The maximum Gasteiger partial charge on any atom is 0.283 e. The highest BCUT2D eigenvalue weighted by atomic mass is 35.5. The number of aryl methyl sites for hydroxylation is 3. The molecule has 0 aliphatic carbocycles. The van der Waals surface area contributed by atoms with Gasteiger partial charge < -0.3 is 5.32 Å². The highest BCUT2D eigenvalue weighted by molar-refractivity contribution is 8.04. The molecule has 3 aromatic carbocycles. The van der Waals surface area contributed by atoms with Gasteiger partial charge in [0.1, 0.15) is 10.6 Å². The van der Waals surface area contributed by atoms with Crippen molar-refractivity contribution < 1.29 is 9.59 Å². The van der Waals surface area contributed by atoms with Crippen molar-refractivity contribution in [3.63, 3.8) is 0 Å². The molecule has 0 saturated carbocycles. The van der Waals surface area contributed by atoms with E-state index in [2.05, 4.69) is 12.2 Å². The molecular weight excluding hydrogens is 440 g/mol. The van der Waals surface area contributed by atoms with Crippen LogP contribution in [0.5, 0.6) is 0 Å². The van der Waals surface area contributed by atoms with E-state index < -0.39 is 0 Å². The van der Waals surface area contributed by atoms with E-state index in [1.165, 1.54) is 16.7 Å². The van der Waals surface area contributed by atoms with Gasteiger partial charge in [-0.3, -0.25) is 9.59 Å². The molecular formula is C26H23ClN2O2S. The Balaban J connectivity index is 1.75. The van der Waals surface area contributed by atoms with Crippen LogP contribution in [-0.4, -0.2) is 11.8 Å². The summed E-state index contributed by atoms with van der Waals surface area (Å²) in [7, 11) is 0. The Kier molecular flexibility index (Phi) is 6.40. The average Bonchev–Trinajstić information content (AvgIpc) is 3.01. The van der Waals surface area contributed by atoms with Crippen molar-refractivity contribution in [3.8, 4) is 0 Å². The Morgan fingerprint density at radius 3 is 2.25 bits per heavy atom. The van der Waals surface area contributed by atoms with Crippen molar-refractivity contribution in [1.29, 1.82) is 0 Å². The van der Waals surface area contributed by atoms with Crippen LogP contribution in [0.4, 0.5) is 11.4 Å². The molecule has 4 nitrogen and oxygen atoms in total. The first kappa shape index (κ1) is 22.2. The van der Waals surface area contributed by atoms with Gasteiger partial charge in [-0.15, -0.1) is 0 Å². The van der Waals surface area contributed by atoms with Crippen LogP contribution in [-0.2, 0) is 16.0 Å². The van der Waals surface area contributed by atoms with Gasteiger partial charge in [-0.2, -0.15) is 0 Å². The lowest BCUT2D eigenvalue weighted by Gasteiger charge is -2.16. The third kappa shape index (κ3) is 4.45. The first-order valence-corrected chi connectivity index (χ1v) is 11.6. The van der Waals surface area contributed by atoms with E-state index in [0.29, 0.717) is 15.6 Å². The lowest BCUT2D eigenvalue weighted by atomic mass is 10.1. The highest BCUT2D eigenvalue weighted by Gasteiger charge is 2.40. The number of rotatable bonds is 6. The molecule has 4 rings (SSSR count). The first-order chi connectivity index (χ1) is 15.4. The number of carbonyl (C=O) groups is 2. The molecule has 0 radical (unpaired) electrons. The fourth-order valence-corrected chi connectivity index (χ4v) is 4.51. The van der Waals surface area contributed by atoms with Gasteiger partial charge in [-0.05, 0) is 79.4 Å². The third-order valence-electron chi connectivity index (χ3n) is 5.33. The summed E-state index contributed by atoms with van der Waals surface area (Å²) in [5.41, 5.74) is 4.84. The van der Waals surface area contributed by atoms with Crippen LogP contribution in [0.2, 0.25) is 5.02 Å². The Morgan fingerprint density at radius 2 is 1.59 bits per heavy atom. The predicted molar refractivity (Wildman–Crippen MR) is 132 cm³/mol. The molecule has 1 aliphatic rings. The molecule has 2 amide bonds. The standard InChI is InChI=1S/C26H23ClN2O2S/c1-4-18-7-11-20(12-8-18)29-25(30)23(28-22-15-16(2)5-6-17(22)3)24(26(29)31)32-21-13-9-19(27)10-14-21/h5-15,28H,4H2,1-3H3. The molecule has 0 saturated heterocycles. The minimum absolute atomic E-state index is 0.281. The molecule has 0 fully saturated rings. The molecule has 162 valence electrons. The van der Waals surface area contributed by atoms with E-state index in [-0.39, 0.29) is 17.5 Å². The monoisotopic (exact) mass is 462 g/mol. The average molecular weight is 463 g/mol. The van der Waals surface area contributed by atoms with Crippen LogP contribution in [0.3, 0.4) is 0 Å². The lowest BCUT2D eigenvalue weighted by molar-refractivity contribution is -0.120. The molecule has 1 heterocycles. The zero-order valence-electron chi connectivity index (χ0n) is 18.1. The van der Waals surface area contributed by atoms with Crippen LogP contribution in [0.15, 0.2) is 82.2 Å². The van der Waals surface area contributed by atoms with Crippen molar-refractivity contribution in [2.75, 3.05) is 10.2 Å². The fourth-order valence-electron chi connectivity index (χ4n) is 3.46. The summed E-state index contributed by atoms with van der Waals surface area (Å²) in [6.45, 7) is 6.03. The van der Waals surface area contributed by atoms with Gasteiger partial charge in [0.25, 0.3) is 11.8 Å². The summed E-state index contributed by atoms with van der Waals surface area (Å²) in [6, 6.07) is 20.7. The summed E-state index contributed by atoms with van der Waals surface area (Å²) >= 11 is 7.28. The summed E-state index contributed by atoms with van der Waals surface area (Å²) in [4.78, 5) is 29.4. The van der Waals surface area contributed by atoms with Gasteiger partial charge in [-0.1, -0.05) is 54.6 Å². The number of anilines is 2. The number of benzene rings is 3. The zero-order chi connectivity index (χ0) is 22.8. The minimum Gasteiger partial charge on any atom is -0.350 e. The third-order valence-corrected chi connectivity index (χ3v) is 6.67. The molecule has 0 atom stereocenters. The van der Waals surface area contributed by atoms with Crippen molar-refractivity contribution in [3.05, 3.63) is 99.0 Å². The van der Waals surface area contributed by atoms with E-state index in [1.807, 2.05) is 68.4 Å². The summed E-state index contributed by atoms with van der Waals surface area (Å²) < 4.78 is 0. The number of hydrogen-bond acceptors (Lipinski definition) is 4. The van der Waals surface area contributed by atoms with Crippen molar-refractivity contribution >= 4 is 46.6 Å². The largest absolute Gasteiger partial charge is 0.350 e. The van der Waals surface area contributed by atoms with Crippen LogP contribution in [0.25, 0.3) is 0 Å². The van der Waals surface area contributed by atoms with Crippen LogP contribution in [0.1, 0.15) is 23.6 Å². The predicted octanol–water partition coefficient (Wildman–Crippen LogP) is 6.51. The molecule has 1 N–H and O–H groups in total. The maximum atomic E-state index is 13.5. The van der Waals surface area contributed by atoms with Gasteiger partial charge in [-0.25, -0.2) is 4.90 Å². The SMILES string of the molecule is CCc1ccc(N2C(=O)C(Nc3cc(C)ccc3C)=C(Sc3ccc(Cl)cc3)C2=O)cc1. The van der Waals surface area contributed by atoms with Crippen LogP contribution >= 0.6 is 23.4 Å². The van der Waals surface area contributed by atoms with Gasteiger partial charge in [0.15, 0.2) is 0 Å². The topological polar surface area (TPSA) is 49.4 Å². The van der Waals surface area contributed by atoms with E-state index in [9.17, 15) is 9.59 Å².